The molecule has 7 heteroatoms. The van der Waals surface area contributed by atoms with Gasteiger partial charge in [-0.3, -0.25) is 9.59 Å². The fraction of sp³-hybridized carbons (Fsp3) is 0.429. The van der Waals surface area contributed by atoms with Gasteiger partial charge in [0.05, 0.1) is 0 Å². The Morgan fingerprint density at radius 3 is 2.67 bits per heavy atom. The van der Waals surface area contributed by atoms with Crippen molar-refractivity contribution in [3.8, 4) is 0 Å². The van der Waals surface area contributed by atoms with Crippen LogP contribution < -0.4 is 10.9 Å². The molecular formula is C14H18N4O3. The highest BCUT2D eigenvalue weighted by Gasteiger charge is 2.22. The molecule has 7 nitrogen and oxygen atoms in total. The lowest BCUT2D eigenvalue weighted by atomic mass is 10.1. The number of nitrogens with zero attached hydrogens (tertiary/aromatic N) is 2. The fourth-order valence-corrected chi connectivity index (χ4v) is 2.16. The third-order valence-corrected chi connectivity index (χ3v) is 3.15. The Hall–Kier alpha value is -2.44. The normalized spacial score (nSPS) is 12.2. The lowest BCUT2D eigenvalue weighted by Crippen LogP contribution is -2.33. The van der Waals surface area contributed by atoms with Gasteiger partial charge in [-0.2, -0.15) is 4.98 Å². The summed E-state index contributed by atoms with van der Waals surface area (Å²) in [6.07, 6.45) is 0.580. The van der Waals surface area contributed by atoms with E-state index in [9.17, 15) is 9.59 Å². The van der Waals surface area contributed by atoms with E-state index in [1.54, 1.807) is 26.8 Å². The van der Waals surface area contributed by atoms with Crippen LogP contribution in [0.3, 0.4) is 0 Å². The maximum atomic E-state index is 12.3. The van der Waals surface area contributed by atoms with Gasteiger partial charge in [-0.25, -0.2) is 0 Å². The van der Waals surface area contributed by atoms with Crippen molar-refractivity contribution in [1.82, 2.24) is 20.4 Å². The molecule has 0 aliphatic rings. The molecule has 0 aliphatic heterocycles. The molecule has 0 saturated carbocycles. The monoisotopic (exact) mass is 290 g/mol. The van der Waals surface area contributed by atoms with E-state index in [2.05, 4.69) is 20.4 Å². The maximum absolute atomic E-state index is 12.3. The van der Waals surface area contributed by atoms with Crippen molar-refractivity contribution in [3.63, 3.8) is 0 Å². The van der Waals surface area contributed by atoms with Gasteiger partial charge in [0.15, 0.2) is 5.82 Å². The molecule has 1 unspecified atom stereocenters. The van der Waals surface area contributed by atoms with Gasteiger partial charge < -0.3 is 14.8 Å². The molecule has 21 heavy (non-hydrogen) atoms. The molecule has 1 amide bonds. The molecule has 0 spiro atoms. The number of H-pyrrole nitrogens is 1. The molecule has 1 atom stereocenters. The summed E-state index contributed by atoms with van der Waals surface area (Å²) in [7, 11) is 0. The number of amides is 1. The topological polar surface area (TPSA) is 101 Å². The number of rotatable bonds is 4. The highest BCUT2D eigenvalue weighted by molar-refractivity contribution is 5.95. The van der Waals surface area contributed by atoms with Crippen LogP contribution in [-0.4, -0.2) is 21.0 Å². The molecule has 2 aromatic heterocycles. The third-order valence-electron chi connectivity index (χ3n) is 3.15. The summed E-state index contributed by atoms with van der Waals surface area (Å²) in [6, 6.07) is 1.34. The van der Waals surface area contributed by atoms with Gasteiger partial charge >= 0.3 is 0 Å². The van der Waals surface area contributed by atoms with Crippen LogP contribution in [0.25, 0.3) is 0 Å². The minimum atomic E-state index is -0.448. The molecule has 0 radical (unpaired) electrons. The number of pyridine rings is 1. The minimum Gasteiger partial charge on any atom is -0.340 e. The van der Waals surface area contributed by atoms with E-state index in [-0.39, 0.29) is 5.56 Å². The van der Waals surface area contributed by atoms with Crippen LogP contribution >= 0.6 is 0 Å². The highest BCUT2D eigenvalue weighted by Crippen LogP contribution is 2.15. The van der Waals surface area contributed by atoms with Crippen LogP contribution in [0.2, 0.25) is 0 Å². The van der Waals surface area contributed by atoms with Crippen molar-refractivity contribution in [2.75, 3.05) is 0 Å². The third kappa shape index (κ3) is 3.18. The van der Waals surface area contributed by atoms with Crippen molar-refractivity contribution in [2.24, 2.45) is 0 Å². The summed E-state index contributed by atoms with van der Waals surface area (Å²) < 4.78 is 5.07. The Kier molecular flexibility index (Phi) is 4.21. The first-order valence-corrected chi connectivity index (χ1v) is 6.74. The molecule has 0 aliphatic carbocycles. The molecule has 2 rings (SSSR count). The molecule has 0 bridgehead atoms. The van der Waals surface area contributed by atoms with Crippen molar-refractivity contribution in [2.45, 2.75) is 40.2 Å². The number of aromatic nitrogens is 3. The molecule has 2 heterocycles. The van der Waals surface area contributed by atoms with E-state index in [1.807, 2.05) is 6.92 Å². The largest absolute Gasteiger partial charge is 0.340 e. The molecular weight excluding hydrogens is 272 g/mol. The van der Waals surface area contributed by atoms with Crippen molar-refractivity contribution in [1.29, 1.82) is 0 Å². The number of aromatic amines is 1. The second-order valence-corrected chi connectivity index (χ2v) is 4.95. The predicted molar refractivity (Wildman–Crippen MR) is 76.1 cm³/mol. The van der Waals surface area contributed by atoms with Gasteiger partial charge in [0.1, 0.15) is 11.6 Å². The Morgan fingerprint density at radius 2 is 2.14 bits per heavy atom. The summed E-state index contributed by atoms with van der Waals surface area (Å²) in [5.41, 5.74) is 1.05. The van der Waals surface area contributed by atoms with Crippen LogP contribution in [0.15, 0.2) is 15.4 Å². The van der Waals surface area contributed by atoms with Crippen LogP contribution in [0.1, 0.15) is 52.7 Å². The van der Waals surface area contributed by atoms with Crippen LogP contribution in [0.4, 0.5) is 0 Å². The lowest BCUT2D eigenvalue weighted by Gasteiger charge is -2.13. The van der Waals surface area contributed by atoms with E-state index >= 15 is 0 Å². The summed E-state index contributed by atoms with van der Waals surface area (Å²) in [4.78, 5) is 31.0. The smallest absolute Gasteiger partial charge is 0.261 e. The van der Waals surface area contributed by atoms with Crippen LogP contribution in [-0.2, 0) is 0 Å². The first-order valence-electron chi connectivity index (χ1n) is 6.74. The van der Waals surface area contributed by atoms with Crippen LogP contribution in [0.5, 0.6) is 0 Å². The van der Waals surface area contributed by atoms with Crippen molar-refractivity contribution < 1.29 is 9.32 Å². The van der Waals surface area contributed by atoms with E-state index in [1.165, 1.54) is 0 Å². The number of hydrogen-bond acceptors (Lipinski definition) is 5. The van der Waals surface area contributed by atoms with E-state index in [4.69, 9.17) is 4.52 Å². The van der Waals surface area contributed by atoms with E-state index in [0.29, 0.717) is 29.4 Å². The number of nitrogens with one attached hydrogen (secondary N) is 2. The van der Waals surface area contributed by atoms with Gasteiger partial charge in [0, 0.05) is 5.69 Å². The van der Waals surface area contributed by atoms with Gasteiger partial charge in [-0.1, -0.05) is 12.1 Å². The Balaban J connectivity index is 2.27. The van der Waals surface area contributed by atoms with E-state index in [0.717, 1.165) is 0 Å². The standard InChI is InChI=1S/C14H18N4O3/c1-5-10(14-16-9(4)18-21-14)17-13(20)11-7(2)6-8(3)15-12(11)19/h6,10H,5H2,1-4H3,(H,15,19)(H,17,20). The Labute approximate surface area is 121 Å². The number of aryl methyl sites for hydroxylation is 3. The molecule has 2 aromatic rings. The van der Waals surface area contributed by atoms with E-state index < -0.39 is 17.5 Å². The van der Waals surface area contributed by atoms with Crippen molar-refractivity contribution in [3.05, 3.63) is 45.0 Å². The quantitative estimate of drug-likeness (QED) is 0.890. The fourth-order valence-electron chi connectivity index (χ4n) is 2.16. The van der Waals surface area contributed by atoms with Crippen LogP contribution in [0, 0.1) is 20.8 Å². The molecule has 112 valence electrons. The average Bonchev–Trinajstić information content (AvgIpc) is 2.81. The molecule has 0 saturated heterocycles. The van der Waals surface area contributed by atoms with Gasteiger partial charge in [0.2, 0.25) is 5.89 Å². The summed E-state index contributed by atoms with van der Waals surface area (Å²) >= 11 is 0. The lowest BCUT2D eigenvalue weighted by molar-refractivity contribution is 0.0925. The number of carbonyl (C=O) groups excluding carboxylic acids is 1. The van der Waals surface area contributed by atoms with Gasteiger partial charge in [0.25, 0.3) is 11.5 Å². The first kappa shape index (κ1) is 15.0. The van der Waals surface area contributed by atoms with Gasteiger partial charge in [-0.15, -0.1) is 0 Å². The molecule has 2 N–H and O–H groups in total. The molecule has 0 fully saturated rings. The Morgan fingerprint density at radius 1 is 1.43 bits per heavy atom. The number of hydrogen-bond donors (Lipinski definition) is 2. The minimum absolute atomic E-state index is 0.107. The zero-order chi connectivity index (χ0) is 15.6. The summed E-state index contributed by atoms with van der Waals surface area (Å²) in [6.45, 7) is 7.09. The van der Waals surface area contributed by atoms with Crippen molar-refractivity contribution >= 4 is 5.91 Å². The second-order valence-electron chi connectivity index (χ2n) is 4.95. The summed E-state index contributed by atoms with van der Waals surface area (Å²) in [5.74, 6) is 0.392. The highest BCUT2D eigenvalue weighted by atomic mass is 16.5. The first-order chi connectivity index (χ1) is 9.92. The average molecular weight is 290 g/mol. The maximum Gasteiger partial charge on any atom is 0.261 e. The predicted octanol–water partition coefficient (Wildman–Crippen LogP) is 1.56. The second kappa shape index (κ2) is 5.90. The number of carbonyl (C=O) groups is 1. The summed E-state index contributed by atoms with van der Waals surface area (Å²) in [5, 5.41) is 6.47. The Bertz CT molecular complexity index is 717. The zero-order valence-corrected chi connectivity index (χ0v) is 12.5. The zero-order valence-electron chi connectivity index (χ0n) is 12.5. The van der Waals surface area contributed by atoms with Gasteiger partial charge in [-0.05, 0) is 38.8 Å². The SMILES string of the molecule is CCC(NC(=O)c1c(C)cc(C)[nH]c1=O)c1nc(C)no1. The molecule has 0 aromatic carbocycles.